The smallest absolute Gasteiger partial charge is 0.0358 e. The van der Waals surface area contributed by atoms with Gasteiger partial charge in [0.05, 0.1) is 0 Å². The summed E-state index contributed by atoms with van der Waals surface area (Å²) in [5, 5.41) is 0. The molecular formula is C43H50. The van der Waals surface area contributed by atoms with E-state index in [4.69, 9.17) is 0 Å². The zero-order valence-corrected chi connectivity index (χ0v) is 28.6. The third-order valence-electron chi connectivity index (χ3n) is 10.7. The molecule has 4 aromatic carbocycles. The van der Waals surface area contributed by atoms with Crippen molar-refractivity contribution in [2.45, 2.75) is 123 Å². The van der Waals surface area contributed by atoms with Crippen LogP contribution in [0.15, 0.2) is 60.7 Å². The summed E-state index contributed by atoms with van der Waals surface area (Å²) in [5.74, 6) is 0.575. The molecule has 0 fully saturated rings. The van der Waals surface area contributed by atoms with Gasteiger partial charge in [-0.3, -0.25) is 0 Å². The minimum absolute atomic E-state index is 0.0620. The van der Waals surface area contributed by atoms with Gasteiger partial charge in [-0.15, -0.1) is 0 Å². The molecule has 0 N–H and O–H groups in total. The fourth-order valence-corrected chi connectivity index (χ4v) is 8.19. The van der Waals surface area contributed by atoms with E-state index in [0.29, 0.717) is 5.92 Å². The van der Waals surface area contributed by atoms with E-state index in [2.05, 4.69) is 144 Å². The molecule has 0 heteroatoms. The van der Waals surface area contributed by atoms with Gasteiger partial charge in [0.25, 0.3) is 0 Å². The van der Waals surface area contributed by atoms with Crippen LogP contribution in [-0.4, -0.2) is 0 Å². The van der Waals surface area contributed by atoms with Crippen molar-refractivity contribution in [3.05, 3.63) is 127 Å². The number of hydrogen-bond donors (Lipinski definition) is 0. The largest absolute Gasteiger partial charge is 0.0617 e. The first-order valence-corrected chi connectivity index (χ1v) is 16.5. The molecule has 222 valence electrons. The van der Waals surface area contributed by atoms with Crippen molar-refractivity contribution in [1.29, 1.82) is 0 Å². The van der Waals surface area contributed by atoms with Gasteiger partial charge in [-0.05, 0) is 106 Å². The molecule has 2 atom stereocenters. The molecule has 0 radical (unpaired) electrons. The van der Waals surface area contributed by atoms with Gasteiger partial charge in [0.2, 0.25) is 0 Å². The van der Waals surface area contributed by atoms with Gasteiger partial charge in [-0.1, -0.05) is 144 Å². The van der Waals surface area contributed by atoms with E-state index in [-0.39, 0.29) is 27.6 Å². The second kappa shape index (κ2) is 8.74. The standard InChI is InChI=1S/C43H50/c1-40(2,3)25-16-17-28-30(19-25)32-20-26(41(4,5)6)22-34-38-33-21-27(42(7,8)9)23-35(43(10,11)12)31(33)18-24-14-13-15-29(36(24)38)37(28)39(32)34/h13-17,19-23,37-38H,18H2,1-12H3. The number of hydrogen-bond acceptors (Lipinski definition) is 0. The lowest BCUT2D eigenvalue weighted by Gasteiger charge is -2.41. The highest BCUT2D eigenvalue weighted by Crippen LogP contribution is 2.61. The summed E-state index contributed by atoms with van der Waals surface area (Å²) in [6, 6.07) is 24.9. The van der Waals surface area contributed by atoms with E-state index in [1.807, 2.05) is 0 Å². The first-order valence-electron chi connectivity index (χ1n) is 16.5. The van der Waals surface area contributed by atoms with Gasteiger partial charge in [-0.2, -0.15) is 0 Å². The van der Waals surface area contributed by atoms with E-state index in [1.165, 1.54) is 50.1 Å². The van der Waals surface area contributed by atoms with Gasteiger partial charge < -0.3 is 0 Å². The van der Waals surface area contributed by atoms with Crippen molar-refractivity contribution in [2.75, 3.05) is 0 Å². The Balaban J connectivity index is 1.62. The highest BCUT2D eigenvalue weighted by atomic mass is 14.5. The van der Waals surface area contributed by atoms with Gasteiger partial charge in [-0.25, -0.2) is 0 Å². The van der Waals surface area contributed by atoms with Gasteiger partial charge in [0.15, 0.2) is 0 Å². The summed E-state index contributed by atoms with van der Waals surface area (Å²) in [6.45, 7) is 28.5. The topological polar surface area (TPSA) is 0 Å². The molecule has 0 amide bonds. The van der Waals surface area contributed by atoms with Crippen molar-refractivity contribution in [2.24, 2.45) is 0 Å². The second-order valence-electron chi connectivity index (χ2n) is 17.9. The molecule has 3 aliphatic carbocycles. The van der Waals surface area contributed by atoms with E-state index >= 15 is 0 Å². The van der Waals surface area contributed by atoms with Crippen molar-refractivity contribution >= 4 is 0 Å². The fraction of sp³-hybridized carbons (Fsp3) is 0.442. The predicted molar refractivity (Wildman–Crippen MR) is 184 cm³/mol. The lowest BCUT2D eigenvalue weighted by Crippen LogP contribution is -2.28. The Morgan fingerprint density at radius 3 is 1.67 bits per heavy atom. The Morgan fingerprint density at radius 1 is 0.465 bits per heavy atom. The predicted octanol–water partition coefficient (Wildman–Crippen LogP) is 11.4. The molecule has 43 heavy (non-hydrogen) atoms. The summed E-state index contributed by atoms with van der Waals surface area (Å²) in [5.41, 5.74) is 21.5. The summed E-state index contributed by atoms with van der Waals surface area (Å²) in [6.07, 6.45) is 1.02. The van der Waals surface area contributed by atoms with Gasteiger partial charge in [0.1, 0.15) is 0 Å². The monoisotopic (exact) mass is 566 g/mol. The zero-order valence-electron chi connectivity index (χ0n) is 28.6. The van der Waals surface area contributed by atoms with E-state index in [9.17, 15) is 0 Å². The first-order chi connectivity index (χ1) is 19.9. The van der Waals surface area contributed by atoms with E-state index in [0.717, 1.165) is 6.42 Å². The Hall–Kier alpha value is -3.12. The molecule has 0 bridgehead atoms. The highest BCUT2D eigenvalue weighted by Gasteiger charge is 2.45. The van der Waals surface area contributed by atoms with Gasteiger partial charge in [0, 0.05) is 11.8 Å². The van der Waals surface area contributed by atoms with Crippen LogP contribution in [0.5, 0.6) is 0 Å². The van der Waals surface area contributed by atoms with Crippen LogP contribution in [0.3, 0.4) is 0 Å². The quantitative estimate of drug-likeness (QED) is 0.171. The molecule has 2 unspecified atom stereocenters. The van der Waals surface area contributed by atoms with Crippen LogP contribution in [0.4, 0.5) is 0 Å². The van der Waals surface area contributed by atoms with E-state index < -0.39 is 0 Å². The molecule has 7 rings (SSSR count). The third kappa shape index (κ3) is 4.22. The normalized spacial score (nSPS) is 18.6. The van der Waals surface area contributed by atoms with Crippen LogP contribution in [0.25, 0.3) is 11.1 Å². The third-order valence-corrected chi connectivity index (χ3v) is 10.7. The van der Waals surface area contributed by atoms with Crippen LogP contribution in [0, 0.1) is 0 Å². The van der Waals surface area contributed by atoms with Crippen LogP contribution in [0.2, 0.25) is 0 Å². The maximum absolute atomic E-state index is 2.61. The number of rotatable bonds is 0. The van der Waals surface area contributed by atoms with Crippen LogP contribution in [0.1, 0.15) is 162 Å². The van der Waals surface area contributed by atoms with E-state index in [1.54, 1.807) is 27.8 Å². The summed E-state index contributed by atoms with van der Waals surface area (Å²) >= 11 is 0. The zero-order chi connectivity index (χ0) is 31.0. The summed E-state index contributed by atoms with van der Waals surface area (Å²) in [7, 11) is 0. The SMILES string of the molecule is CC(C)(C)c1ccc2c(c1)-c1cc(C(C)(C)C)cc3c1C2c1cccc2c1C3c1cc(C(C)(C)C)cc(C(C)(C)C)c1C2. The maximum Gasteiger partial charge on any atom is 0.0358 e. The maximum atomic E-state index is 2.61. The van der Waals surface area contributed by atoms with Crippen molar-refractivity contribution in [3.8, 4) is 11.1 Å². The second-order valence-corrected chi connectivity index (χ2v) is 17.9. The molecule has 0 spiro atoms. The van der Waals surface area contributed by atoms with Crippen LogP contribution >= 0.6 is 0 Å². The Kier molecular flexibility index (Phi) is 5.82. The average Bonchev–Trinajstić information content (AvgIpc) is 3.22. The lowest BCUT2D eigenvalue weighted by molar-refractivity contribution is 0.559. The average molecular weight is 567 g/mol. The molecule has 0 heterocycles. The highest BCUT2D eigenvalue weighted by molar-refractivity contribution is 5.86. The Labute approximate surface area is 261 Å². The van der Waals surface area contributed by atoms with Crippen molar-refractivity contribution in [3.63, 3.8) is 0 Å². The summed E-state index contributed by atoms with van der Waals surface area (Å²) in [4.78, 5) is 0. The Bertz CT molecular complexity index is 1810. The molecule has 0 aliphatic heterocycles. The van der Waals surface area contributed by atoms with Crippen molar-refractivity contribution in [1.82, 2.24) is 0 Å². The molecule has 4 aromatic rings. The van der Waals surface area contributed by atoms with Crippen molar-refractivity contribution < 1.29 is 0 Å². The molecule has 0 saturated heterocycles. The Morgan fingerprint density at radius 2 is 1.05 bits per heavy atom. The minimum atomic E-state index is 0.0620. The van der Waals surface area contributed by atoms with Gasteiger partial charge >= 0.3 is 0 Å². The molecule has 0 nitrogen and oxygen atoms in total. The molecule has 3 aliphatic rings. The fourth-order valence-electron chi connectivity index (χ4n) is 8.19. The summed E-state index contributed by atoms with van der Waals surface area (Å²) < 4.78 is 0. The molecular weight excluding hydrogens is 516 g/mol. The lowest BCUT2D eigenvalue weighted by atomic mass is 9.62. The van der Waals surface area contributed by atoms with Crippen LogP contribution < -0.4 is 0 Å². The number of fused-ring (bicyclic) bond motifs is 7. The first kappa shape index (κ1) is 28.6. The molecule has 0 aromatic heterocycles. The van der Waals surface area contributed by atoms with Crippen LogP contribution in [-0.2, 0) is 28.1 Å². The number of benzene rings is 4. The minimum Gasteiger partial charge on any atom is -0.0617 e. The molecule has 0 saturated carbocycles.